The zero-order chi connectivity index (χ0) is 23.6. The number of aryl methyl sites for hydroxylation is 4. The van der Waals surface area contributed by atoms with Gasteiger partial charge in [-0.2, -0.15) is 0 Å². The maximum atomic E-state index is 12.4. The van der Waals surface area contributed by atoms with Crippen LogP contribution in [0.3, 0.4) is 0 Å². The molecule has 33 heavy (non-hydrogen) atoms. The van der Waals surface area contributed by atoms with Gasteiger partial charge in [0.25, 0.3) is 0 Å². The first-order valence-electron chi connectivity index (χ1n) is 11.1. The van der Waals surface area contributed by atoms with E-state index in [1.807, 2.05) is 125 Å². The molecule has 3 nitrogen and oxygen atoms in total. The Bertz CT molecular complexity index is 1100. The average molecular weight is 471 g/mol. The van der Waals surface area contributed by atoms with Crippen LogP contribution in [0, 0.1) is 27.7 Å². The van der Waals surface area contributed by atoms with E-state index in [2.05, 4.69) is 0 Å². The van der Waals surface area contributed by atoms with E-state index in [1.165, 1.54) is 0 Å². The first-order chi connectivity index (χ1) is 15.7. The molecule has 0 radical (unpaired) electrons. The fourth-order valence-electron chi connectivity index (χ4n) is 4.21. The van der Waals surface area contributed by atoms with Crippen LogP contribution in [0.25, 0.3) is 0 Å². The lowest BCUT2D eigenvalue weighted by atomic mass is 10.2. The van der Waals surface area contributed by atoms with Gasteiger partial charge in [0, 0.05) is 0 Å². The maximum Gasteiger partial charge on any atom is 0.396 e. The molecule has 0 unspecified atom stereocenters. The van der Waals surface area contributed by atoms with Crippen molar-refractivity contribution in [1.29, 1.82) is 0 Å². The predicted molar refractivity (Wildman–Crippen MR) is 140 cm³/mol. The predicted octanol–water partition coefficient (Wildman–Crippen LogP) is 2.73. The Morgan fingerprint density at radius 1 is 0.455 bits per heavy atom. The minimum absolute atomic E-state index is 0.722. The lowest BCUT2D eigenvalue weighted by molar-refractivity contribution is 0.346. The smallest absolute Gasteiger partial charge is 0.396 e. The van der Waals surface area contributed by atoms with Crippen LogP contribution in [0.5, 0.6) is 0 Å². The van der Waals surface area contributed by atoms with Crippen molar-refractivity contribution in [2.45, 2.75) is 27.7 Å². The normalized spacial score (nSPS) is 12.1. The second-order valence-corrected chi connectivity index (χ2v) is 14.6. The van der Waals surface area contributed by atoms with E-state index >= 15 is 0 Å². The molecule has 168 valence electrons. The first-order valence-corrected chi connectivity index (χ1v) is 14.9. The van der Waals surface area contributed by atoms with Gasteiger partial charge in [0.15, 0.2) is 0 Å². The third kappa shape index (κ3) is 4.78. The van der Waals surface area contributed by atoms with Crippen LogP contribution in [-0.4, -0.2) is 26.7 Å². The summed E-state index contributed by atoms with van der Waals surface area (Å²) in [6, 6.07) is 31.2. The molecular weight excluding hydrogens is 440 g/mol. The molecule has 4 aromatic carbocycles. The standard InChI is InChI=1S/C28H30O3Si2/c1-21-9-5-13-25(17-21)32(29,26-14-6-10-22(2)18-26)31-33(30,27-15-7-11-23(3)19-27)28-16-8-12-24(4)20-28/h5-20,29-30H,1-4H3. The highest BCUT2D eigenvalue weighted by Gasteiger charge is 2.51. The third-order valence-electron chi connectivity index (χ3n) is 5.93. The molecule has 4 rings (SSSR count). The molecule has 0 aliphatic carbocycles. The average Bonchev–Trinajstić information content (AvgIpc) is 2.79. The van der Waals surface area contributed by atoms with E-state index in [0.717, 1.165) is 43.0 Å². The van der Waals surface area contributed by atoms with Crippen LogP contribution in [0.15, 0.2) is 97.1 Å². The molecule has 0 amide bonds. The molecule has 0 saturated heterocycles. The van der Waals surface area contributed by atoms with Crippen molar-refractivity contribution in [3.63, 3.8) is 0 Å². The molecule has 0 saturated carbocycles. The van der Waals surface area contributed by atoms with Crippen LogP contribution < -0.4 is 20.7 Å². The number of rotatable bonds is 6. The Morgan fingerprint density at radius 2 is 0.697 bits per heavy atom. The largest absolute Gasteiger partial charge is 0.404 e. The number of hydrogen-bond acceptors (Lipinski definition) is 3. The van der Waals surface area contributed by atoms with Gasteiger partial charge in [0.1, 0.15) is 0 Å². The summed E-state index contributed by atoms with van der Waals surface area (Å²) in [6.45, 7) is 8.00. The highest BCUT2D eigenvalue weighted by Crippen LogP contribution is 2.16. The van der Waals surface area contributed by atoms with Crippen LogP contribution in [-0.2, 0) is 4.12 Å². The molecule has 0 heterocycles. The fraction of sp³-hybridized carbons (Fsp3) is 0.143. The van der Waals surface area contributed by atoms with E-state index < -0.39 is 17.1 Å². The fourth-order valence-corrected chi connectivity index (χ4v) is 11.5. The van der Waals surface area contributed by atoms with Crippen LogP contribution in [0.1, 0.15) is 22.3 Å². The van der Waals surface area contributed by atoms with E-state index in [9.17, 15) is 9.59 Å². The molecule has 2 N–H and O–H groups in total. The van der Waals surface area contributed by atoms with Gasteiger partial charge in [0.2, 0.25) is 0 Å². The van der Waals surface area contributed by atoms with Crippen molar-refractivity contribution in [3.05, 3.63) is 119 Å². The molecule has 0 bridgehead atoms. The molecule has 0 aliphatic rings. The van der Waals surface area contributed by atoms with Crippen molar-refractivity contribution in [3.8, 4) is 0 Å². The van der Waals surface area contributed by atoms with E-state index in [0.29, 0.717) is 0 Å². The monoisotopic (exact) mass is 470 g/mol. The zero-order valence-corrected chi connectivity index (χ0v) is 21.5. The highest BCUT2D eigenvalue weighted by atomic mass is 28.5. The Kier molecular flexibility index (Phi) is 6.52. The van der Waals surface area contributed by atoms with Gasteiger partial charge in [-0.3, -0.25) is 0 Å². The number of hydrogen-bond donors (Lipinski definition) is 2. The Hall–Kier alpha value is -2.81. The van der Waals surface area contributed by atoms with Gasteiger partial charge in [-0.05, 0) is 48.4 Å². The summed E-state index contributed by atoms with van der Waals surface area (Å²) in [5.74, 6) is 0. The molecule has 5 heteroatoms. The summed E-state index contributed by atoms with van der Waals surface area (Å²) in [5, 5.41) is 2.89. The number of benzene rings is 4. The van der Waals surface area contributed by atoms with Crippen molar-refractivity contribution in [2.24, 2.45) is 0 Å². The molecule has 0 aromatic heterocycles. The summed E-state index contributed by atoms with van der Waals surface area (Å²) in [6.07, 6.45) is 0. The topological polar surface area (TPSA) is 49.7 Å². The second kappa shape index (κ2) is 9.21. The van der Waals surface area contributed by atoms with Gasteiger partial charge in [-0.1, -0.05) is 119 Å². The van der Waals surface area contributed by atoms with Crippen molar-refractivity contribution in [2.75, 3.05) is 0 Å². The lowest BCUT2D eigenvalue weighted by Gasteiger charge is -2.36. The Morgan fingerprint density at radius 3 is 0.909 bits per heavy atom. The van der Waals surface area contributed by atoms with Gasteiger partial charge >= 0.3 is 17.1 Å². The minimum atomic E-state index is -3.79. The van der Waals surface area contributed by atoms with Crippen LogP contribution >= 0.6 is 0 Å². The van der Waals surface area contributed by atoms with Crippen molar-refractivity contribution in [1.82, 2.24) is 0 Å². The Balaban J connectivity index is 1.97. The summed E-state index contributed by atoms with van der Waals surface area (Å²) >= 11 is 0. The van der Waals surface area contributed by atoms with Crippen LogP contribution in [0.4, 0.5) is 0 Å². The van der Waals surface area contributed by atoms with Crippen molar-refractivity contribution < 1.29 is 13.7 Å². The molecule has 0 aliphatic heterocycles. The van der Waals surface area contributed by atoms with E-state index in [1.54, 1.807) is 0 Å². The summed E-state index contributed by atoms with van der Waals surface area (Å²) in [7, 11) is -7.58. The highest BCUT2D eigenvalue weighted by molar-refractivity contribution is 7.03. The summed E-state index contributed by atoms with van der Waals surface area (Å²) in [5.41, 5.74) is 4.13. The summed E-state index contributed by atoms with van der Waals surface area (Å²) < 4.78 is 6.78. The second-order valence-electron chi connectivity index (χ2n) is 8.87. The molecule has 0 atom stereocenters. The van der Waals surface area contributed by atoms with Gasteiger partial charge in [-0.25, -0.2) is 0 Å². The third-order valence-corrected chi connectivity index (χ3v) is 12.7. The quantitative estimate of drug-likeness (QED) is 0.426. The van der Waals surface area contributed by atoms with Crippen molar-refractivity contribution >= 4 is 37.9 Å². The molecule has 0 spiro atoms. The zero-order valence-electron chi connectivity index (χ0n) is 19.5. The first kappa shape index (κ1) is 23.4. The van der Waals surface area contributed by atoms with Crippen LogP contribution in [0.2, 0.25) is 0 Å². The van der Waals surface area contributed by atoms with Gasteiger partial charge in [-0.15, -0.1) is 0 Å². The van der Waals surface area contributed by atoms with Gasteiger partial charge < -0.3 is 13.7 Å². The molecule has 0 fully saturated rings. The summed E-state index contributed by atoms with van der Waals surface area (Å²) in [4.78, 5) is 24.8. The maximum absolute atomic E-state index is 12.4. The van der Waals surface area contributed by atoms with Gasteiger partial charge in [0.05, 0.1) is 0 Å². The Labute approximate surface area is 198 Å². The van der Waals surface area contributed by atoms with E-state index in [-0.39, 0.29) is 0 Å². The van der Waals surface area contributed by atoms with E-state index in [4.69, 9.17) is 4.12 Å². The molecule has 4 aromatic rings. The molecular formula is C28H30O3Si2. The lowest BCUT2D eigenvalue weighted by Crippen LogP contribution is -2.73. The SMILES string of the molecule is Cc1cccc([Si](O)(O[Si](O)(c2cccc(C)c2)c2cccc(C)c2)c2cccc(C)c2)c1. The minimum Gasteiger partial charge on any atom is -0.404 e.